The van der Waals surface area contributed by atoms with Crippen molar-refractivity contribution in [3.8, 4) is 0 Å². The lowest BCUT2D eigenvalue weighted by Crippen LogP contribution is -2.53. The molecule has 1 aromatic rings. The average molecular weight is 299 g/mol. The van der Waals surface area contributed by atoms with Crippen LogP contribution in [0, 0.1) is 0 Å². The summed E-state index contributed by atoms with van der Waals surface area (Å²) < 4.78 is 6.25. The molecule has 1 aromatic carbocycles. The van der Waals surface area contributed by atoms with E-state index in [2.05, 4.69) is 21.2 Å². The summed E-state index contributed by atoms with van der Waals surface area (Å²) in [5.74, 6) is -0.319. The van der Waals surface area contributed by atoms with Gasteiger partial charge in [0.2, 0.25) is 5.91 Å². The van der Waals surface area contributed by atoms with E-state index < -0.39 is 5.54 Å². The summed E-state index contributed by atoms with van der Waals surface area (Å²) in [5.41, 5.74) is 5.73. The summed E-state index contributed by atoms with van der Waals surface area (Å²) in [7, 11) is 0. The number of rotatable bonds is 3. The Bertz CT molecular complexity index is 417. The van der Waals surface area contributed by atoms with Gasteiger partial charge in [0.25, 0.3) is 0 Å². The Morgan fingerprint density at radius 1 is 1.41 bits per heavy atom. The van der Waals surface area contributed by atoms with E-state index >= 15 is 0 Å². The van der Waals surface area contributed by atoms with E-state index in [0.29, 0.717) is 26.1 Å². The Kier molecular flexibility index (Phi) is 3.69. The van der Waals surface area contributed by atoms with Crippen molar-refractivity contribution in [3.63, 3.8) is 0 Å². The molecule has 1 amide bonds. The number of carbonyl (C=O) groups excluding carboxylic acids is 1. The predicted octanol–water partition coefficient (Wildman–Crippen LogP) is 1.90. The summed E-state index contributed by atoms with van der Waals surface area (Å²) >= 11 is 3.40. The molecular formula is C12H15BrN2O2. The number of nitrogens with one attached hydrogen (secondary N) is 1. The minimum Gasteiger partial charge on any atom is -0.381 e. The first-order valence-electron chi connectivity index (χ1n) is 5.54. The second-order valence-electron chi connectivity index (χ2n) is 4.19. The lowest BCUT2D eigenvalue weighted by atomic mass is 9.89. The zero-order chi connectivity index (χ0) is 12.3. The predicted molar refractivity (Wildman–Crippen MR) is 69.7 cm³/mol. The van der Waals surface area contributed by atoms with Gasteiger partial charge in [-0.2, -0.15) is 0 Å². The van der Waals surface area contributed by atoms with Crippen LogP contribution in [0.3, 0.4) is 0 Å². The van der Waals surface area contributed by atoms with Gasteiger partial charge in [0.15, 0.2) is 0 Å². The highest BCUT2D eigenvalue weighted by molar-refractivity contribution is 9.10. The maximum Gasteiger partial charge on any atom is 0.243 e. The van der Waals surface area contributed by atoms with Crippen molar-refractivity contribution < 1.29 is 9.53 Å². The van der Waals surface area contributed by atoms with Crippen LogP contribution in [0.4, 0.5) is 5.69 Å². The topological polar surface area (TPSA) is 64.4 Å². The smallest absolute Gasteiger partial charge is 0.243 e. The fourth-order valence-electron chi connectivity index (χ4n) is 2.00. The molecule has 1 fully saturated rings. The highest BCUT2D eigenvalue weighted by Crippen LogP contribution is 2.27. The number of primary amides is 1. The van der Waals surface area contributed by atoms with Gasteiger partial charge >= 0.3 is 0 Å². The van der Waals surface area contributed by atoms with E-state index in [9.17, 15) is 4.79 Å². The molecule has 0 aromatic heterocycles. The zero-order valence-electron chi connectivity index (χ0n) is 9.41. The third-order valence-corrected chi connectivity index (χ3v) is 3.52. The second kappa shape index (κ2) is 5.06. The number of anilines is 1. The third kappa shape index (κ3) is 2.79. The Hall–Kier alpha value is -1.07. The number of hydrogen-bond donors (Lipinski definition) is 2. The van der Waals surface area contributed by atoms with Gasteiger partial charge in [-0.05, 0) is 18.2 Å². The van der Waals surface area contributed by atoms with E-state index in [1.54, 1.807) is 0 Å². The molecule has 17 heavy (non-hydrogen) atoms. The van der Waals surface area contributed by atoms with E-state index in [4.69, 9.17) is 10.5 Å². The Morgan fingerprint density at radius 3 is 2.71 bits per heavy atom. The zero-order valence-corrected chi connectivity index (χ0v) is 11.0. The minimum absolute atomic E-state index is 0.319. The van der Waals surface area contributed by atoms with Gasteiger partial charge in [-0.25, -0.2) is 0 Å². The van der Waals surface area contributed by atoms with Crippen LogP contribution in [0.2, 0.25) is 0 Å². The van der Waals surface area contributed by atoms with Gasteiger partial charge in [0, 0.05) is 36.2 Å². The largest absolute Gasteiger partial charge is 0.381 e. The molecule has 1 saturated heterocycles. The van der Waals surface area contributed by atoms with Gasteiger partial charge < -0.3 is 15.8 Å². The SMILES string of the molecule is NC(=O)C1(Nc2cccc(Br)c2)CCOCC1. The molecule has 92 valence electrons. The fraction of sp³-hybridized carbons (Fsp3) is 0.417. The summed E-state index contributed by atoms with van der Waals surface area (Å²) in [5, 5.41) is 3.25. The number of amides is 1. The van der Waals surface area contributed by atoms with Crippen LogP contribution in [0.15, 0.2) is 28.7 Å². The van der Waals surface area contributed by atoms with E-state index in [1.807, 2.05) is 24.3 Å². The van der Waals surface area contributed by atoms with Crippen LogP contribution in [0.1, 0.15) is 12.8 Å². The fourth-order valence-corrected chi connectivity index (χ4v) is 2.39. The van der Waals surface area contributed by atoms with E-state index in [0.717, 1.165) is 10.2 Å². The van der Waals surface area contributed by atoms with Gasteiger partial charge in [0.1, 0.15) is 5.54 Å². The molecule has 5 heteroatoms. The van der Waals surface area contributed by atoms with Crippen molar-refractivity contribution in [2.75, 3.05) is 18.5 Å². The number of hydrogen-bond acceptors (Lipinski definition) is 3. The van der Waals surface area contributed by atoms with Crippen LogP contribution < -0.4 is 11.1 Å². The standard InChI is InChI=1S/C12H15BrN2O2/c13-9-2-1-3-10(8-9)15-12(11(14)16)4-6-17-7-5-12/h1-3,8,15H,4-7H2,(H2,14,16). The number of carbonyl (C=O) groups is 1. The molecule has 1 aliphatic heterocycles. The molecule has 3 N–H and O–H groups in total. The van der Waals surface area contributed by atoms with Crippen LogP contribution in [0.25, 0.3) is 0 Å². The lowest BCUT2D eigenvalue weighted by Gasteiger charge is -2.35. The maximum absolute atomic E-state index is 11.7. The quantitative estimate of drug-likeness (QED) is 0.896. The average Bonchev–Trinajstić information content (AvgIpc) is 2.30. The highest BCUT2D eigenvalue weighted by Gasteiger charge is 2.38. The summed E-state index contributed by atoms with van der Waals surface area (Å²) in [4.78, 5) is 11.7. The van der Waals surface area contributed by atoms with Gasteiger partial charge in [0.05, 0.1) is 0 Å². The molecule has 1 aliphatic rings. The first-order chi connectivity index (χ1) is 8.12. The molecule has 0 aliphatic carbocycles. The van der Waals surface area contributed by atoms with Crippen molar-refractivity contribution >= 4 is 27.5 Å². The molecular weight excluding hydrogens is 284 g/mol. The van der Waals surface area contributed by atoms with E-state index in [1.165, 1.54) is 0 Å². The third-order valence-electron chi connectivity index (χ3n) is 3.03. The number of benzene rings is 1. The summed E-state index contributed by atoms with van der Waals surface area (Å²) in [6, 6.07) is 7.71. The molecule has 4 nitrogen and oxygen atoms in total. The van der Waals surface area contributed by atoms with Gasteiger partial charge in [-0.15, -0.1) is 0 Å². The molecule has 0 unspecified atom stereocenters. The normalized spacial score (nSPS) is 18.6. The molecule has 0 bridgehead atoms. The van der Waals surface area contributed by atoms with Crippen LogP contribution >= 0.6 is 15.9 Å². The molecule has 0 spiro atoms. The molecule has 2 rings (SSSR count). The van der Waals surface area contributed by atoms with Gasteiger partial charge in [-0.3, -0.25) is 4.79 Å². The Labute approximate surface area is 109 Å². The second-order valence-corrected chi connectivity index (χ2v) is 5.11. The molecule has 1 heterocycles. The number of halogens is 1. The van der Waals surface area contributed by atoms with Crippen molar-refractivity contribution in [1.29, 1.82) is 0 Å². The highest BCUT2D eigenvalue weighted by atomic mass is 79.9. The molecule has 0 saturated carbocycles. The lowest BCUT2D eigenvalue weighted by molar-refractivity contribution is -0.125. The first-order valence-corrected chi connectivity index (χ1v) is 6.33. The Morgan fingerprint density at radius 2 is 2.12 bits per heavy atom. The molecule has 0 atom stereocenters. The van der Waals surface area contributed by atoms with Crippen LogP contribution in [-0.4, -0.2) is 24.7 Å². The molecule has 0 radical (unpaired) electrons. The van der Waals surface area contributed by atoms with Gasteiger partial charge in [-0.1, -0.05) is 22.0 Å². The van der Waals surface area contributed by atoms with Crippen LogP contribution in [-0.2, 0) is 9.53 Å². The van der Waals surface area contributed by atoms with E-state index in [-0.39, 0.29) is 5.91 Å². The van der Waals surface area contributed by atoms with Crippen molar-refractivity contribution in [1.82, 2.24) is 0 Å². The van der Waals surface area contributed by atoms with Crippen molar-refractivity contribution in [2.24, 2.45) is 5.73 Å². The summed E-state index contributed by atoms with van der Waals surface area (Å²) in [6.07, 6.45) is 1.21. The number of nitrogens with two attached hydrogens (primary N) is 1. The van der Waals surface area contributed by atoms with Crippen molar-refractivity contribution in [3.05, 3.63) is 28.7 Å². The van der Waals surface area contributed by atoms with Crippen LogP contribution in [0.5, 0.6) is 0 Å². The Balaban J connectivity index is 2.20. The first kappa shape index (κ1) is 12.4. The number of ether oxygens (including phenoxy) is 1. The van der Waals surface area contributed by atoms with Crippen molar-refractivity contribution in [2.45, 2.75) is 18.4 Å². The maximum atomic E-state index is 11.7. The summed E-state index contributed by atoms with van der Waals surface area (Å²) in [6.45, 7) is 1.12. The monoisotopic (exact) mass is 298 g/mol. The minimum atomic E-state index is -0.682.